The van der Waals surface area contributed by atoms with E-state index in [4.69, 9.17) is 11.6 Å². The Morgan fingerprint density at radius 2 is 2.04 bits per heavy atom. The van der Waals surface area contributed by atoms with Gasteiger partial charge < -0.3 is 0 Å². The molecule has 1 aromatic carbocycles. The van der Waals surface area contributed by atoms with Crippen LogP contribution in [0.25, 0.3) is 16.6 Å². The fourth-order valence-corrected chi connectivity index (χ4v) is 3.29. The Hall–Kier alpha value is -1.99. The highest BCUT2D eigenvalue weighted by molar-refractivity contribution is 9.10. The van der Waals surface area contributed by atoms with Crippen molar-refractivity contribution in [3.05, 3.63) is 65.7 Å². The highest BCUT2D eigenvalue weighted by atomic mass is 79.9. The van der Waals surface area contributed by atoms with E-state index in [1.54, 1.807) is 19.2 Å². The van der Waals surface area contributed by atoms with Gasteiger partial charge in [0.2, 0.25) is 0 Å². The van der Waals surface area contributed by atoms with Gasteiger partial charge in [0.05, 0.1) is 26.3 Å². The van der Waals surface area contributed by atoms with Crippen LogP contribution in [0.5, 0.6) is 0 Å². The van der Waals surface area contributed by atoms with Gasteiger partial charge in [-0.25, -0.2) is 9.18 Å². The summed E-state index contributed by atoms with van der Waals surface area (Å²) in [5, 5.41) is 0.0379. The summed E-state index contributed by atoms with van der Waals surface area (Å²) in [6.07, 6.45) is 1.64. The molecule has 25 heavy (non-hydrogen) atoms. The number of rotatable bonds is 2. The van der Waals surface area contributed by atoms with Gasteiger partial charge in [0, 0.05) is 6.20 Å². The number of pyridine rings is 1. The van der Waals surface area contributed by atoms with Gasteiger partial charge in [0.15, 0.2) is 5.82 Å². The number of H-pyrrole nitrogens is 1. The van der Waals surface area contributed by atoms with Crippen molar-refractivity contribution in [3.63, 3.8) is 0 Å². The zero-order valence-corrected chi connectivity index (χ0v) is 16.0. The first-order valence-electron chi connectivity index (χ1n) is 7.52. The SMILES string of the molecule is Cc1ccnc(C(C)C)c1-n1c(=O)[nH]c(=O)c2cc(Cl)c(Br)c(F)c21. The molecule has 1 N–H and O–H groups in total. The maximum Gasteiger partial charge on any atom is 0.333 e. The van der Waals surface area contributed by atoms with E-state index in [0.717, 1.165) is 10.1 Å². The van der Waals surface area contributed by atoms with Crippen molar-refractivity contribution in [3.8, 4) is 5.69 Å². The minimum absolute atomic E-state index is 0.00643. The van der Waals surface area contributed by atoms with Crippen molar-refractivity contribution in [2.24, 2.45) is 0 Å². The van der Waals surface area contributed by atoms with Gasteiger partial charge in [-0.1, -0.05) is 25.4 Å². The summed E-state index contributed by atoms with van der Waals surface area (Å²) in [5.41, 5.74) is 0.251. The van der Waals surface area contributed by atoms with Gasteiger partial charge in [-0.05, 0) is 46.5 Å². The maximum atomic E-state index is 15.0. The second-order valence-electron chi connectivity index (χ2n) is 5.99. The molecule has 0 radical (unpaired) electrons. The predicted molar refractivity (Wildman–Crippen MR) is 99.5 cm³/mol. The molecule has 0 aliphatic carbocycles. The van der Waals surface area contributed by atoms with Crippen molar-refractivity contribution >= 4 is 38.4 Å². The zero-order valence-electron chi connectivity index (χ0n) is 13.7. The Kier molecular flexibility index (Phi) is 4.55. The zero-order chi connectivity index (χ0) is 18.5. The van der Waals surface area contributed by atoms with E-state index in [-0.39, 0.29) is 26.3 Å². The molecular weight excluding hydrogens is 413 g/mol. The fraction of sp³-hybridized carbons (Fsp3) is 0.235. The average Bonchev–Trinajstić information content (AvgIpc) is 2.54. The third kappa shape index (κ3) is 2.81. The molecule has 3 rings (SSSR count). The molecule has 0 bridgehead atoms. The number of nitrogens with zero attached hydrogens (tertiary/aromatic N) is 2. The number of hydrogen-bond acceptors (Lipinski definition) is 3. The van der Waals surface area contributed by atoms with Crippen molar-refractivity contribution in [1.82, 2.24) is 14.5 Å². The average molecular weight is 427 g/mol. The van der Waals surface area contributed by atoms with Crippen LogP contribution in [0.1, 0.15) is 31.0 Å². The standard InChI is InChI=1S/C17H14BrClFN3O2/c1-7(2)13-14(8(3)4-5-21-13)23-15-9(16(24)22-17(23)25)6-10(19)11(18)12(15)20/h4-7H,1-3H3,(H,22,24,25). The van der Waals surface area contributed by atoms with Gasteiger partial charge in [-0.3, -0.25) is 19.3 Å². The number of halogens is 3. The van der Waals surface area contributed by atoms with E-state index in [9.17, 15) is 14.0 Å². The number of nitrogens with one attached hydrogen (secondary N) is 1. The Morgan fingerprint density at radius 1 is 1.36 bits per heavy atom. The number of aromatic amines is 1. The smallest absolute Gasteiger partial charge is 0.273 e. The molecule has 130 valence electrons. The summed E-state index contributed by atoms with van der Waals surface area (Å²) < 4.78 is 16.1. The second kappa shape index (κ2) is 6.38. The van der Waals surface area contributed by atoms with E-state index in [1.807, 2.05) is 13.8 Å². The molecule has 8 heteroatoms. The quantitative estimate of drug-likeness (QED) is 0.628. The third-order valence-corrected chi connectivity index (χ3v) is 5.25. The maximum absolute atomic E-state index is 15.0. The van der Waals surface area contributed by atoms with Gasteiger partial charge in [-0.2, -0.15) is 0 Å². The van der Waals surface area contributed by atoms with E-state index < -0.39 is 17.1 Å². The molecule has 0 unspecified atom stereocenters. The van der Waals surface area contributed by atoms with Crippen molar-refractivity contribution < 1.29 is 4.39 Å². The third-order valence-electron chi connectivity index (χ3n) is 3.95. The van der Waals surface area contributed by atoms with Crippen molar-refractivity contribution in [2.45, 2.75) is 26.7 Å². The van der Waals surface area contributed by atoms with Crippen LogP contribution in [0.3, 0.4) is 0 Å². The number of hydrogen-bond donors (Lipinski definition) is 1. The van der Waals surface area contributed by atoms with Crippen LogP contribution in [0.4, 0.5) is 4.39 Å². The van der Waals surface area contributed by atoms with Gasteiger partial charge in [0.25, 0.3) is 5.56 Å². The lowest BCUT2D eigenvalue weighted by atomic mass is 10.0. The summed E-state index contributed by atoms with van der Waals surface area (Å²) in [6, 6.07) is 3.06. The van der Waals surface area contributed by atoms with Crippen molar-refractivity contribution in [2.75, 3.05) is 0 Å². The molecule has 0 fully saturated rings. The molecule has 2 heterocycles. The van der Waals surface area contributed by atoms with Crippen LogP contribution in [0.15, 0.2) is 32.4 Å². The van der Waals surface area contributed by atoms with E-state index in [2.05, 4.69) is 25.9 Å². The topological polar surface area (TPSA) is 67.8 Å². The van der Waals surface area contributed by atoms with Crippen molar-refractivity contribution in [1.29, 1.82) is 0 Å². The number of aromatic nitrogens is 3. The lowest BCUT2D eigenvalue weighted by Crippen LogP contribution is -2.31. The molecule has 2 aromatic heterocycles. The molecule has 0 saturated carbocycles. The number of aryl methyl sites for hydroxylation is 1. The summed E-state index contributed by atoms with van der Waals surface area (Å²) >= 11 is 9.05. The van der Waals surface area contributed by atoms with E-state index in [0.29, 0.717) is 11.4 Å². The first kappa shape index (κ1) is 17.8. The highest BCUT2D eigenvalue weighted by Gasteiger charge is 2.22. The Bertz CT molecular complexity index is 1120. The first-order valence-corrected chi connectivity index (χ1v) is 8.69. The van der Waals surface area contributed by atoms with Crippen LogP contribution >= 0.6 is 27.5 Å². The lowest BCUT2D eigenvalue weighted by molar-refractivity contribution is 0.624. The molecule has 0 amide bonds. The Balaban J connectivity index is 2.63. The first-order chi connectivity index (χ1) is 11.7. The highest BCUT2D eigenvalue weighted by Crippen LogP contribution is 2.32. The van der Waals surface area contributed by atoms with E-state index in [1.165, 1.54) is 6.07 Å². The Morgan fingerprint density at radius 3 is 2.68 bits per heavy atom. The minimum atomic E-state index is -0.774. The van der Waals surface area contributed by atoms with E-state index >= 15 is 0 Å². The molecule has 0 atom stereocenters. The molecule has 5 nitrogen and oxygen atoms in total. The molecule has 0 saturated heterocycles. The molecule has 0 aliphatic rings. The minimum Gasteiger partial charge on any atom is -0.273 e. The lowest BCUT2D eigenvalue weighted by Gasteiger charge is -2.18. The number of benzene rings is 1. The van der Waals surface area contributed by atoms with Gasteiger partial charge >= 0.3 is 5.69 Å². The summed E-state index contributed by atoms with van der Waals surface area (Å²) in [6.45, 7) is 5.65. The fourth-order valence-electron chi connectivity index (χ4n) is 2.80. The van der Waals surface area contributed by atoms with Crippen LogP contribution in [0, 0.1) is 12.7 Å². The van der Waals surface area contributed by atoms with Gasteiger partial charge in [-0.15, -0.1) is 0 Å². The largest absolute Gasteiger partial charge is 0.333 e. The molecule has 0 aliphatic heterocycles. The monoisotopic (exact) mass is 425 g/mol. The van der Waals surface area contributed by atoms with Crippen LogP contribution in [-0.2, 0) is 0 Å². The normalized spacial score (nSPS) is 11.5. The predicted octanol–water partition coefficient (Wildman–Crippen LogP) is 4.06. The molecule has 3 aromatic rings. The molecule has 0 spiro atoms. The van der Waals surface area contributed by atoms with Gasteiger partial charge in [0.1, 0.15) is 5.52 Å². The van der Waals surface area contributed by atoms with Crippen LogP contribution in [-0.4, -0.2) is 14.5 Å². The van der Waals surface area contributed by atoms with Crippen LogP contribution in [0.2, 0.25) is 5.02 Å². The van der Waals surface area contributed by atoms with Crippen LogP contribution < -0.4 is 11.2 Å². The number of fused-ring (bicyclic) bond motifs is 1. The Labute approximate surface area is 155 Å². The second-order valence-corrected chi connectivity index (χ2v) is 7.19. The summed E-state index contributed by atoms with van der Waals surface area (Å²) in [4.78, 5) is 31.3. The molecular formula is C17H14BrClFN3O2. The summed E-state index contributed by atoms with van der Waals surface area (Å²) in [7, 11) is 0. The summed E-state index contributed by atoms with van der Waals surface area (Å²) in [5.74, 6) is -0.786.